The van der Waals surface area contributed by atoms with Crippen LogP contribution in [0.5, 0.6) is 0 Å². The van der Waals surface area contributed by atoms with Crippen molar-refractivity contribution in [3.63, 3.8) is 0 Å². The number of para-hydroxylation sites is 3. The van der Waals surface area contributed by atoms with Crippen molar-refractivity contribution < 1.29 is 0 Å². The minimum Gasteiger partial charge on any atom is -0.310 e. The molecule has 2 aliphatic rings. The van der Waals surface area contributed by atoms with Crippen LogP contribution >= 0.6 is 0 Å². The fourth-order valence-electron chi connectivity index (χ4n) is 12.1. The lowest BCUT2D eigenvalue weighted by Gasteiger charge is -2.32. The fourth-order valence-corrected chi connectivity index (χ4v) is 12.1. The normalized spacial score (nSPS) is 12.5. The first-order chi connectivity index (χ1) is 36.2. The smallest absolute Gasteiger partial charge is 0.0726 e. The molecule has 0 aliphatic heterocycles. The standard InChI is InChI=1S/C71H48N2/c1-4-18-53(19-5-1)60-25-14-17-31-69(60)73(56-23-8-3-9-24-56)58-43-38-52(39-44-58)50-34-32-49(33-35-50)51-36-41-57(42-37-51)72(55-21-6-2-7-22-55)59-45-46-64-68(48-59)71(67-47-40-54-20-10-11-26-61(54)70(64)67)65-29-15-12-27-62(65)63-28-13-16-30-66(63)71/h1-48H. The van der Waals surface area contributed by atoms with Crippen molar-refractivity contribution in [1.82, 2.24) is 0 Å². The third-order valence-corrected chi connectivity index (χ3v) is 15.3. The van der Waals surface area contributed by atoms with Gasteiger partial charge in [-0.25, -0.2) is 0 Å². The Morgan fingerprint density at radius 1 is 0.233 bits per heavy atom. The first kappa shape index (κ1) is 42.4. The number of fused-ring (bicyclic) bond motifs is 12. The van der Waals surface area contributed by atoms with Gasteiger partial charge in [0, 0.05) is 34.0 Å². The van der Waals surface area contributed by atoms with Crippen LogP contribution in [0.1, 0.15) is 22.3 Å². The van der Waals surface area contributed by atoms with Crippen LogP contribution in [0, 0.1) is 0 Å². The topological polar surface area (TPSA) is 6.48 Å². The Kier molecular flexibility index (Phi) is 10.1. The number of rotatable bonds is 9. The Hall–Kier alpha value is -9.50. The van der Waals surface area contributed by atoms with Gasteiger partial charge in [0.25, 0.3) is 0 Å². The predicted octanol–water partition coefficient (Wildman–Crippen LogP) is 19.1. The van der Waals surface area contributed by atoms with E-state index in [4.69, 9.17) is 0 Å². The number of nitrogens with zero attached hydrogens (tertiary/aromatic N) is 2. The number of hydrogen-bond acceptors (Lipinski definition) is 2. The van der Waals surface area contributed by atoms with E-state index in [0.29, 0.717) is 0 Å². The van der Waals surface area contributed by atoms with Crippen molar-refractivity contribution in [3.8, 4) is 55.6 Å². The summed E-state index contributed by atoms with van der Waals surface area (Å²) in [5.41, 5.74) is 23.9. The summed E-state index contributed by atoms with van der Waals surface area (Å²) < 4.78 is 0. The molecule has 0 atom stereocenters. The molecule has 0 heterocycles. The van der Waals surface area contributed by atoms with Crippen LogP contribution < -0.4 is 9.80 Å². The quantitative estimate of drug-likeness (QED) is 0.142. The van der Waals surface area contributed by atoms with E-state index in [2.05, 4.69) is 301 Å². The molecule has 342 valence electrons. The maximum atomic E-state index is 2.48. The summed E-state index contributed by atoms with van der Waals surface area (Å²) in [6.45, 7) is 0. The molecule has 0 radical (unpaired) electrons. The van der Waals surface area contributed by atoms with Gasteiger partial charge < -0.3 is 9.80 Å². The number of hydrogen-bond donors (Lipinski definition) is 0. The zero-order chi connectivity index (χ0) is 48.3. The molecule has 0 saturated heterocycles. The summed E-state index contributed by atoms with van der Waals surface area (Å²) in [4.78, 5) is 4.77. The summed E-state index contributed by atoms with van der Waals surface area (Å²) in [5.74, 6) is 0. The van der Waals surface area contributed by atoms with E-state index in [-0.39, 0.29) is 0 Å². The van der Waals surface area contributed by atoms with Crippen molar-refractivity contribution in [1.29, 1.82) is 0 Å². The van der Waals surface area contributed by atoms with Crippen molar-refractivity contribution in [2.24, 2.45) is 0 Å². The molecule has 0 unspecified atom stereocenters. The molecule has 0 bridgehead atoms. The third-order valence-electron chi connectivity index (χ3n) is 15.3. The Labute approximate surface area is 427 Å². The van der Waals surface area contributed by atoms with Crippen molar-refractivity contribution in [2.45, 2.75) is 5.41 Å². The second kappa shape index (κ2) is 17.4. The average molecular weight is 929 g/mol. The van der Waals surface area contributed by atoms with Gasteiger partial charge in [-0.05, 0) is 150 Å². The molecule has 12 aromatic rings. The van der Waals surface area contributed by atoms with E-state index >= 15 is 0 Å². The summed E-state index contributed by atoms with van der Waals surface area (Å²) >= 11 is 0. The van der Waals surface area contributed by atoms with Crippen molar-refractivity contribution >= 4 is 44.9 Å². The predicted molar refractivity (Wildman–Crippen MR) is 306 cm³/mol. The van der Waals surface area contributed by atoms with E-state index < -0.39 is 5.41 Å². The summed E-state index contributed by atoms with van der Waals surface area (Å²) in [6, 6.07) is 107. The maximum absolute atomic E-state index is 2.48. The molecule has 0 amide bonds. The van der Waals surface area contributed by atoms with Gasteiger partial charge >= 0.3 is 0 Å². The molecular formula is C71H48N2. The summed E-state index contributed by atoms with van der Waals surface area (Å²) in [7, 11) is 0. The first-order valence-electron chi connectivity index (χ1n) is 25.2. The van der Waals surface area contributed by atoms with Crippen LogP contribution in [0.4, 0.5) is 34.1 Å². The van der Waals surface area contributed by atoms with Crippen molar-refractivity contribution in [2.75, 3.05) is 9.80 Å². The lowest BCUT2D eigenvalue weighted by atomic mass is 9.70. The molecule has 2 heteroatoms. The van der Waals surface area contributed by atoms with Gasteiger partial charge in [0.05, 0.1) is 11.1 Å². The molecule has 0 saturated carbocycles. The highest BCUT2D eigenvalue weighted by atomic mass is 15.1. The number of anilines is 6. The molecule has 0 N–H and O–H groups in total. The van der Waals surface area contributed by atoms with Crippen LogP contribution in [0.25, 0.3) is 66.4 Å². The minimum absolute atomic E-state index is 0.463. The van der Waals surface area contributed by atoms with Crippen LogP contribution in [-0.4, -0.2) is 0 Å². The van der Waals surface area contributed by atoms with E-state index in [1.807, 2.05) is 0 Å². The Morgan fingerprint density at radius 2 is 0.671 bits per heavy atom. The SMILES string of the molecule is c1ccc(-c2ccccc2N(c2ccccc2)c2ccc(-c3ccc(-c4ccc(N(c5ccccc5)c5ccc6c(c5)C5(c7ccccc7-c7ccccc75)c5ccc7ccccc7c5-6)cc4)cc3)cc2)cc1. The second-order valence-electron chi connectivity index (χ2n) is 19.2. The third kappa shape index (κ3) is 6.87. The highest BCUT2D eigenvalue weighted by molar-refractivity contribution is 6.07. The summed E-state index contributed by atoms with van der Waals surface area (Å²) in [5, 5.41) is 2.55. The zero-order valence-electron chi connectivity index (χ0n) is 40.1. The van der Waals surface area contributed by atoms with Gasteiger partial charge in [-0.15, -0.1) is 0 Å². The van der Waals surface area contributed by atoms with E-state index in [1.54, 1.807) is 0 Å². The Bertz CT molecular complexity index is 3950. The van der Waals surface area contributed by atoms with Gasteiger partial charge in [-0.3, -0.25) is 0 Å². The molecule has 1 spiro atoms. The van der Waals surface area contributed by atoms with Gasteiger partial charge in [0.2, 0.25) is 0 Å². The Morgan fingerprint density at radius 3 is 1.27 bits per heavy atom. The molecule has 14 rings (SSSR count). The van der Waals surface area contributed by atoms with Crippen LogP contribution in [0.15, 0.2) is 291 Å². The molecule has 2 aliphatic carbocycles. The van der Waals surface area contributed by atoms with Gasteiger partial charge in [-0.2, -0.15) is 0 Å². The second-order valence-corrected chi connectivity index (χ2v) is 19.2. The average Bonchev–Trinajstić information content (AvgIpc) is 4.06. The Balaban J connectivity index is 0.807. The minimum atomic E-state index is -0.463. The zero-order valence-corrected chi connectivity index (χ0v) is 40.1. The summed E-state index contributed by atoms with van der Waals surface area (Å²) in [6.07, 6.45) is 0. The number of benzene rings is 12. The van der Waals surface area contributed by atoms with E-state index in [0.717, 1.165) is 34.1 Å². The lowest BCUT2D eigenvalue weighted by Crippen LogP contribution is -2.26. The molecular weight excluding hydrogens is 881 g/mol. The molecule has 0 aromatic heterocycles. The van der Waals surface area contributed by atoms with E-state index in [1.165, 1.54) is 88.7 Å². The highest BCUT2D eigenvalue weighted by Crippen LogP contribution is 2.64. The van der Waals surface area contributed by atoms with Gasteiger partial charge in [0.15, 0.2) is 0 Å². The monoisotopic (exact) mass is 928 g/mol. The van der Waals surface area contributed by atoms with Crippen LogP contribution in [0.2, 0.25) is 0 Å². The largest absolute Gasteiger partial charge is 0.310 e. The molecule has 2 nitrogen and oxygen atoms in total. The molecule has 73 heavy (non-hydrogen) atoms. The van der Waals surface area contributed by atoms with Crippen molar-refractivity contribution in [3.05, 3.63) is 313 Å². The van der Waals surface area contributed by atoms with E-state index in [9.17, 15) is 0 Å². The maximum Gasteiger partial charge on any atom is 0.0726 e. The first-order valence-corrected chi connectivity index (χ1v) is 25.2. The van der Waals surface area contributed by atoms with Gasteiger partial charge in [0.1, 0.15) is 0 Å². The van der Waals surface area contributed by atoms with Crippen LogP contribution in [0.3, 0.4) is 0 Å². The van der Waals surface area contributed by atoms with Gasteiger partial charge in [-0.1, -0.05) is 224 Å². The highest BCUT2D eigenvalue weighted by Gasteiger charge is 2.52. The molecule has 12 aromatic carbocycles. The lowest BCUT2D eigenvalue weighted by molar-refractivity contribution is 0.794. The molecule has 0 fully saturated rings. The van der Waals surface area contributed by atoms with Crippen LogP contribution in [-0.2, 0) is 5.41 Å². The fraction of sp³-hybridized carbons (Fsp3) is 0.0141.